The number of hydrogen-bond donors (Lipinski definition) is 1. The molecule has 1 amide bonds. The molecule has 1 atom stereocenters. The van der Waals surface area contributed by atoms with E-state index in [1.807, 2.05) is 6.07 Å². The summed E-state index contributed by atoms with van der Waals surface area (Å²) in [5.41, 5.74) is 1.22. The van der Waals surface area contributed by atoms with E-state index < -0.39 is 0 Å². The Morgan fingerprint density at radius 1 is 1.50 bits per heavy atom. The molecule has 8 heteroatoms. The number of thiophene rings is 1. The van der Waals surface area contributed by atoms with Crippen LogP contribution >= 0.6 is 23.1 Å². The minimum absolute atomic E-state index is 0.0261. The molecule has 0 saturated heterocycles. The third kappa shape index (κ3) is 4.58. The Morgan fingerprint density at radius 2 is 2.29 bits per heavy atom. The van der Waals surface area contributed by atoms with Crippen molar-refractivity contribution in [1.29, 1.82) is 5.26 Å². The summed E-state index contributed by atoms with van der Waals surface area (Å²) in [4.78, 5) is 32.2. The first kappa shape index (κ1) is 20.9. The van der Waals surface area contributed by atoms with Crippen LogP contribution in [0.1, 0.15) is 44.1 Å². The summed E-state index contributed by atoms with van der Waals surface area (Å²) < 4.78 is 1.74. The van der Waals surface area contributed by atoms with E-state index in [0.717, 1.165) is 29.5 Å². The van der Waals surface area contributed by atoms with E-state index in [4.69, 9.17) is 10.2 Å². The van der Waals surface area contributed by atoms with Crippen molar-refractivity contribution in [1.82, 2.24) is 14.9 Å². The molecule has 1 aliphatic rings. The van der Waals surface area contributed by atoms with Gasteiger partial charge in [-0.05, 0) is 36.7 Å². The summed E-state index contributed by atoms with van der Waals surface area (Å²) in [6.45, 7) is 7.33. The predicted octanol–water partition coefficient (Wildman–Crippen LogP) is 3.36. The highest BCUT2D eigenvalue weighted by Gasteiger charge is 2.25. The highest BCUT2D eigenvalue weighted by Crippen LogP contribution is 2.36. The number of carbonyl (C=O) groups is 1. The Kier molecular flexibility index (Phi) is 6.78. The molecule has 2 aromatic heterocycles. The van der Waals surface area contributed by atoms with E-state index in [2.05, 4.69) is 26.1 Å². The largest absolute Gasteiger partial charge is 0.354 e. The van der Waals surface area contributed by atoms with Crippen LogP contribution in [0.5, 0.6) is 0 Å². The molecule has 1 N–H and O–H groups in total. The van der Waals surface area contributed by atoms with E-state index in [9.17, 15) is 9.59 Å². The maximum atomic E-state index is 13.3. The molecular formula is C20H26N4O2S2. The molecular weight excluding hydrogens is 392 g/mol. The van der Waals surface area contributed by atoms with Gasteiger partial charge in [-0.3, -0.25) is 14.2 Å². The number of nitriles is 1. The molecule has 3 rings (SSSR count). The van der Waals surface area contributed by atoms with E-state index in [0.29, 0.717) is 30.1 Å². The fourth-order valence-electron chi connectivity index (χ4n) is 3.48. The van der Waals surface area contributed by atoms with E-state index in [-0.39, 0.29) is 23.6 Å². The van der Waals surface area contributed by atoms with Crippen LogP contribution in [0.2, 0.25) is 0 Å². The lowest BCUT2D eigenvalue weighted by atomic mass is 9.89. The van der Waals surface area contributed by atoms with Gasteiger partial charge in [-0.1, -0.05) is 32.5 Å². The van der Waals surface area contributed by atoms with Crippen molar-refractivity contribution in [2.24, 2.45) is 11.8 Å². The molecule has 0 spiro atoms. The first-order valence-corrected chi connectivity index (χ1v) is 11.5. The quantitative estimate of drug-likeness (QED) is 0.423. The van der Waals surface area contributed by atoms with Gasteiger partial charge in [-0.2, -0.15) is 5.26 Å². The standard InChI is InChI=1S/C20H26N4O2S2/c1-12(2)10-24-19(26)17-14-6-5-13(3)9-15(14)28-18(17)23-20(24)27-11-16(25)22-8-4-7-21/h12-13H,4-6,8-11H2,1-3H3,(H,22,25)/t13-/m1/s1. The van der Waals surface area contributed by atoms with Gasteiger partial charge >= 0.3 is 0 Å². The van der Waals surface area contributed by atoms with Crippen LogP contribution in [0, 0.1) is 23.2 Å². The van der Waals surface area contributed by atoms with Crippen molar-refractivity contribution < 1.29 is 4.79 Å². The zero-order valence-electron chi connectivity index (χ0n) is 16.6. The minimum Gasteiger partial charge on any atom is -0.354 e. The van der Waals surface area contributed by atoms with Crippen molar-refractivity contribution >= 4 is 39.2 Å². The van der Waals surface area contributed by atoms with Crippen molar-refractivity contribution in [2.75, 3.05) is 12.3 Å². The van der Waals surface area contributed by atoms with Gasteiger partial charge in [-0.25, -0.2) is 4.98 Å². The number of fused-ring (bicyclic) bond motifs is 3. The number of amides is 1. The van der Waals surface area contributed by atoms with Crippen LogP contribution in [-0.4, -0.2) is 27.8 Å². The number of thioether (sulfide) groups is 1. The number of aryl methyl sites for hydroxylation is 1. The number of carbonyl (C=O) groups excluding carboxylic acids is 1. The monoisotopic (exact) mass is 418 g/mol. The molecule has 0 bridgehead atoms. The third-order valence-electron chi connectivity index (χ3n) is 4.82. The molecule has 28 heavy (non-hydrogen) atoms. The number of nitrogens with one attached hydrogen (secondary N) is 1. The van der Waals surface area contributed by atoms with Gasteiger partial charge < -0.3 is 5.32 Å². The topological polar surface area (TPSA) is 87.8 Å². The maximum Gasteiger partial charge on any atom is 0.263 e. The van der Waals surface area contributed by atoms with Crippen molar-refractivity contribution in [3.05, 3.63) is 20.8 Å². The Balaban J connectivity index is 1.93. The molecule has 2 aromatic rings. The average molecular weight is 419 g/mol. The zero-order valence-corrected chi connectivity index (χ0v) is 18.2. The smallest absolute Gasteiger partial charge is 0.263 e. The summed E-state index contributed by atoms with van der Waals surface area (Å²) in [6.07, 6.45) is 3.37. The molecule has 0 unspecified atom stereocenters. The van der Waals surface area contributed by atoms with Crippen molar-refractivity contribution in [3.8, 4) is 6.07 Å². The van der Waals surface area contributed by atoms with Gasteiger partial charge in [-0.15, -0.1) is 11.3 Å². The lowest BCUT2D eigenvalue weighted by Gasteiger charge is -2.18. The van der Waals surface area contributed by atoms with Gasteiger partial charge in [0.15, 0.2) is 5.16 Å². The summed E-state index contributed by atoms with van der Waals surface area (Å²) in [7, 11) is 0. The second-order valence-electron chi connectivity index (χ2n) is 7.78. The van der Waals surface area contributed by atoms with Gasteiger partial charge in [0.1, 0.15) is 4.83 Å². The number of rotatable bonds is 7. The molecule has 150 valence electrons. The SMILES string of the molecule is CC(C)Cn1c(SCC(=O)NCCC#N)nc2sc3c(c2c1=O)CC[C@@H](C)C3. The van der Waals surface area contributed by atoms with Crippen LogP contribution in [0.15, 0.2) is 9.95 Å². The first-order valence-electron chi connectivity index (χ1n) is 9.72. The molecule has 0 fully saturated rings. The van der Waals surface area contributed by atoms with Crippen LogP contribution in [0.3, 0.4) is 0 Å². The van der Waals surface area contributed by atoms with E-state index >= 15 is 0 Å². The highest BCUT2D eigenvalue weighted by atomic mass is 32.2. The lowest BCUT2D eigenvalue weighted by Crippen LogP contribution is -2.28. The number of hydrogen-bond acceptors (Lipinski definition) is 6. The van der Waals surface area contributed by atoms with Crippen molar-refractivity contribution in [3.63, 3.8) is 0 Å². The molecule has 1 aliphatic carbocycles. The van der Waals surface area contributed by atoms with E-state index in [1.165, 1.54) is 22.2 Å². The summed E-state index contributed by atoms with van der Waals surface area (Å²) >= 11 is 2.93. The van der Waals surface area contributed by atoms with E-state index in [1.54, 1.807) is 15.9 Å². The fourth-order valence-corrected chi connectivity index (χ4v) is 5.74. The van der Waals surface area contributed by atoms with Crippen LogP contribution in [0.25, 0.3) is 10.2 Å². The normalized spacial score (nSPS) is 16.2. The Morgan fingerprint density at radius 3 is 3.00 bits per heavy atom. The molecule has 0 aromatic carbocycles. The third-order valence-corrected chi connectivity index (χ3v) is 6.94. The van der Waals surface area contributed by atoms with Gasteiger partial charge in [0.2, 0.25) is 5.91 Å². The Hall–Kier alpha value is -1.85. The zero-order chi connectivity index (χ0) is 20.3. The van der Waals surface area contributed by atoms with Gasteiger partial charge in [0.25, 0.3) is 5.56 Å². The molecule has 0 aliphatic heterocycles. The average Bonchev–Trinajstić information content (AvgIpc) is 3.00. The predicted molar refractivity (Wildman–Crippen MR) is 114 cm³/mol. The molecule has 0 radical (unpaired) electrons. The molecule has 0 saturated carbocycles. The van der Waals surface area contributed by atoms with Gasteiger partial charge in [0.05, 0.1) is 23.6 Å². The molecule has 6 nitrogen and oxygen atoms in total. The minimum atomic E-state index is -0.148. The number of nitrogens with zero attached hydrogens (tertiary/aromatic N) is 3. The Bertz CT molecular complexity index is 971. The molecule has 2 heterocycles. The summed E-state index contributed by atoms with van der Waals surface area (Å²) in [5, 5.41) is 12.7. The second kappa shape index (κ2) is 9.10. The fraction of sp³-hybridized carbons (Fsp3) is 0.600. The summed E-state index contributed by atoms with van der Waals surface area (Å²) in [5.74, 6) is 0.980. The number of aromatic nitrogens is 2. The second-order valence-corrected chi connectivity index (χ2v) is 9.81. The van der Waals surface area contributed by atoms with Gasteiger partial charge in [0, 0.05) is 18.0 Å². The van der Waals surface area contributed by atoms with Crippen LogP contribution in [0.4, 0.5) is 0 Å². The van der Waals surface area contributed by atoms with Crippen molar-refractivity contribution in [2.45, 2.75) is 58.2 Å². The van der Waals surface area contributed by atoms with Crippen LogP contribution < -0.4 is 10.9 Å². The maximum absolute atomic E-state index is 13.3. The lowest BCUT2D eigenvalue weighted by molar-refractivity contribution is -0.118. The Labute approximate surface area is 173 Å². The first-order chi connectivity index (χ1) is 13.4. The van der Waals surface area contributed by atoms with Crippen LogP contribution in [-0.2, 0) is 24.2 Å². The highest BCUT2D eigenvalue weighted by molar-refractivity contribution is 7.99. The summed E-state index contributed by atoms with van der Waals surface area (Å²) in [6, 6.07) is 2.00.